The largest absolute Gasteiger partial charge is 0.496 e. The zero-order valence-corrected chi connectivity index (χ0v) is 17.0. The summed E-state index contributed by atoms with van der Waals surface area (Å²) in [7, 11) is -1.62. The van der Waals surface area contributed by atoms with Gasteiger partial charge in [-0.25, -0.2) is 17.7 Å². The first kappa shape index (κ1) is 19.4. The van der Waals surface area contributed by atoms with E-state index in [0.717, 1.165) is 24.0 Å². The number of benzene rings is 1. The first-order valence-electron chi connectivity index (χ1n) is 9.18. The first-order chi connectivity index (χ1) is 13.8. The van der Waals surface area contributed by atoms with Gasteiger partial charge in [-0.05, 0) is 36.5 Å². The molecule has 0 saturated carbocycles. The first-order valence-corrected chi connectivity index (χ1v) is 11.0. The quantitative estimate of drug-likeness (QED) is 0.574. The highest BCUT2D eigenvalue weighted by molar-refractivity contribution is 7.88. The summed E-state index contributed by atoms with van der Waals surface area (Å²) < 4.78 is 31.0. The maximum atomic E-state index is 11.9. The zero-order valence-electron chi connectivity index (χ0n) is 16.2. The molecule has 1 unspecified atom stereocenters. The fraction of sp³-hybridized carbons (Fsp3) is 0.389. The van der Waals surface area contributed by atoms with Crippen molar-refractivity contribution in [3.63, 3.8) is 0 Å². The normalized spacial score (nSPS) is 18.2. The summed E-state index contributed by atoms with van der Waals surface area (Å²) in [5.41, 5.74) is 14.2. The Morgan fingerprint density at radius 3 is 2.76 bits per heavy atom. The van der Waals surface area contributed by atoms with Crippen molar-refractivity contribution in [2.45, 2.75) is 18.8 Å². The summed E-state index contributed by atoms with van der Waals surface area (Å²) in [5, 5.41) is 0. The summed E-state index contributed by atoms with van der Waals surface area (Å²) in [6.07, 6.45) is 3.00. The van der Waals surface area contributed by atoms with Crippen LogP contribution in [0.25, 0.3) is 22.6 Å². The monoisotopic (exact) mass is 417 g/mol. The molecule has 154 valence electrons. The van der Waals surface area contributed by atoms with E-state index in [0.29, 0.717) is 35.8 Å². The molecule has 0 aliphatic carbocycles. The molecule has 11 heteroatoms. The molecule has 2 aromatic heterocycles. The van der Waals surface area contributed by atoms with Crippen molar-refractivity contribution in [2.75, 3.05) is 37.9 Å². The molecule has 1 atom stereocenters. The number of rotatable bonds is 4. The summed E-state index contributed by atoms with van der Waals surface area (Å²) in [6, 6.07) is 5.81. The molecule has 1 fully saturated rings. The number of fused-ring (bicyclic) bond motifs is 1. The van der Waals surface area contributed by atoms with Gasteiger partial charge in [0.15, 0.2) is 11.5 Å². The molecule has 0 spiro atoms. The molecule has 5 N–H and O–H groups in total. The van der Waals surface area contributed by atoms with E-state index >= 15 is 0 Å². The van der Waals surface area contributed by atoms with Gasteiger partial charge in [-0.1, -0.05) is 6.07 Å². The lowest BCUT2D eigenvalue weighted by molar-refractivity contribution is 0.317. The number of nitrogens with two attached hydrogens (primary N) is 2. The smallest absolute Gasteiger partial charge is 0.224 e. The second-order valence-electron chi connectivity index (χ2n) is 7.17. The average molecular weight is 417 g/mol. The van der Waals surface area contributed by atoms with Crippen LogP contribution in [0.1, 0.15) is 24.3 Å². The van der Waals surface area contributed by atoms with Gasteiger partial charge in [0, 0.05) is 13.1 Å². The van der Waals surface area contributed by atoms with Crippen molar-refractivity contribution in [1.29, 1.82) is 0 Å². The highest BCUT2D eigenvalue weighted by Crippen LogP contribution is 2.35. The van der Waals surface area contributed by atoms with Gasteiger partial charge < -0.3 is 21.2 Å². The summed E-state index contributed by atoms with van der Waals surface area (Å²) in [4.78, 5) is 15.6. The van der Waals surface area contributed by atoms with Crippen LogP contribution in [0.15, 0.2) is 18.2 Å². The number of hydrogen-bond donors (Lipinski definition) is 3. The van der Waals surface area contributed by atoms with E-state index in [4.69, 9.17) is 16.2 Å². The lowest BCUT2D eigenvalue weighted by Gasteiger charge is -2.31. The maximum absolute atomic E-state index is 11.9. The average Bonchev–Trinajstić information content (AvgIpc) is 3.11. The van der Waals surface area contributed by atoms with E-state index in [1.807, 2.05) is 18.2 Å². The van der Waals surface area contributed by atoms with Crippen molar-refractivity contribution in [3.05, 3.63) is 23.8 Å². The molecule has 0 bridgehead atoms. The van der Waals surface area contributed by atoms with Crippen molar-refractivity contribution < 1.29 is 13.2 Å². The van der Waals surface area contributed by atoms with Gasteiger partial charge in [0.05, 0.1) is 18.9 Å². The summed E-state index contributed by atoms with van der Waals surface area (Å²) in [5.74, 6) is 1.56. The fourth-order valence-corrected chi connectivity index (χ4v) is 4.65. The molecule has 3 aromatic rings. The van der Waals surface area contributed by atoms with Crippen molar-refractivity contribution >= 4 is 33.0 Å². The molecule has 4 rings (SSSR count). The van der Waals surface area contributed by atoms with E-state index < -0.39 is 10.0 Å². The summed E-state index contributed by atoms with van der Waals surface area (Å²) in [6.45, 7) is 1.03. The Morgan fingerprint density at radius 2 is 2.03 bits per heavy atom. The highest BCUT2D eigenvalue weighted by Gasteiger charge is 2.27. The van der Waals surface area contributed by atoms with Gasteiger partial charge in [0.2, 0.25) is 16.0 Å². The van der Waals surface area contributed by atoms with Gasteiger partial charge in [-0.2, -0.15) is 9.97 Å². The van der Waals surface area contributed by atoms with Crippen LogP contribution in [0.5, 0.6) is 5.75 Å². The molecular formula is C18H23N7O3S. The molecular weight excluding hydrogens is 394 g/mol. The minimum absolute atomic E-state index is 0.0584. The van der Waals surface area contributed by atoms with E-state index in [9.17, 15) is 8.42 Å². The number of piperidine rings is 1. The number of nitrogens with one attached hydrogen (secondary N) is 1. The Labute approximate surface area is 168 Å². The Morgan fingerprint density at radius 1 is 1.24 bits per heavy atom. The summed E-state index contributed by atoms with van der Waals surface area (Å²) >= 11 is 0. The molecule has 0 radical (unpaired) electrons. The van der Waals surface area contributed by atoms with Crippen molar-refractivity contribution in [2.24, 2.45) is 0 Å². The van der Waals surface area contributed by atoms with E-state index in [-0.39, 0.29) is 17.7 Å². The number of ether oxygens (including phenoxy) is 1. The van der Waals surface area contributed by atoms with Crippen LogP contribution in [0.4, 0.5) is 11.8 Å². The number of hydrogen-bond acceptors (Lipinski definition) is 8. The SMILES string of the molecule is COc1cc(C2CCCN(S(C)(=O)=O)C2)ccc1-c1nc2nc(N)nc(N)c2[nH]1. The number of anilines is 2. The van der Waals surface area contributed by atoms with Crippen molar-refractivity contribution in [3.8, 4) is 17.1 Å². The van der Waals surface area contributed by atoms with Gasteiger partial charge in [0.25, 0.3) is 0 Å². The van der Waals surface area contributed by atoms with E-state index in [2.05, 4.69) is 19.9 Å². The third-order valence-electron chi connectivity index (χ3n) is 5.20. The van der Waals surface area contributed by atoms with Crippen LogP contribution >= 0.6 is 0 Å². The topological polar surface area (TPSA) is 153 Å². The van der Waals surface area contributed by atoms with E-state index in [1.54, 1.807) is 7.11 Å². The Hall–Kier alpha value is -2.92. The number of sulfonamides is 1. The number of nitrogen functional groups attached to an aromatic ring is 2. The maximum Gasteiger partial charge on any atom is 0.224 e. The third-order valence-corrected chi connectivity index (χ3v) is 6.47. The molecule has 3 heterocycles. The molecule has 29 heavy (non-hydrogen) atoms. The second-order valence-corrected chi connectivity index (χ2v) is 9.15. The second kappa shape index (κ2) is 7.16. The number of H-pyrrole nitrogens is 1. The lowest BCUT2D eigenvalue weighted by atomic mass is 9.90. The van der Waals surface area contributed by atoms with Crippen LogP contribution in [0, 0.1) is 0 Å². The van der Waals surface area contributed by atoms with Crippen LogP contribution in [0.2, 0.25) is 0 Å². The number of aromatic amines is 1. The van der Waals surface area contributed by atoms with E-state index in [1.165, 1.54) is 10.6 Å². The lowest BCUT2D eigenvalue weighted by Crippen LogP contribution is -2.38. The Bertz CT molecular complexity index is 1180. The van der Waals surface area contributed by atoms with Gasteiger partial charge in [0.1, 0.15) is 17.1 Å². The fourth-order valence-electron chi connectivity index (χ4n) is 3.74. The molecule has 1 saturated heterocycles. The Balaban J connectivity index is 1.70. The third kappa shape index (κ3) is 3.70. The number of methoxy groups -OCH3 is 1. The minimum atomic E-state index is -3.20. The number of imidazole rings is 1. The molecule has 10 nitrogen and oxygen atoms in total. The van der Waals surface area contributed by atoms with Gasteiger partial charge in [-0.15, -0.1) is 0 Å². The molecule has 1 aromatic carbocycles. The molecule has 0 amide bonds. The van der Waals surface area contributed by atoms with Crippen LogP contribution < -0.4 is 16.2 Å². The predicted octanol–water partition coefficient (Wildman–Crippen LogP) is 1.33. The standard InChI is InChI=1S/C18H23N7O3S/c1-28-13-8-10(11-4-3-7-25(9-11)29(2,26)27)5-6-12(13)16-21-14-15(19)22-18(20)24-17(14)23-16/h5-6,8,11H,3-4,7,9H2,1-2H3,(H5,19,20,21,22,23,24). The predicted molar refractivity (Wildman–Crippen MR) is 111 cm³/mol. The highest BCUT2D eigenvalue weighted by atomic mass is 32.2. The Kier molecular flexibility index (Phi) is 4.79. The molecule has 1 aliphatic heterocycles. The number of nitrogens with zero attached hydrogens (tertiary/aromatic N) is 4. The van der Waals surface area contributed by atoms with Crippen LogP contribution in [-0.4, -0.2) is 59.1 Å². The van der Waals surface area contributed by atoms with Crippen LogP contribution in [-0.2, 0) is 10.0 Å². The van der Waals surface area contributed by atoms with Crippen LogP contribution in [0.3, 0.4) is 0 Å². The van der Waals surface area contributed by atoms with Gasteiger partial charge >= 0.3 is 0 Å². The minimum Gasteiger partial charge on any atom is -0.496 e. The zero-order chi connectivity index (χ0) is 20.8. The number of aromatic nitrogens is 4. The van der Waals surface area contributed by atoms with Gasteiger partial charge in [-0.3, -0.25) is 0 Å². The molecule has 1 aliphatic rings. The van der Waals surface area contributed by atoms with Crippen molar-refractivity contribution in [1.82, 2.24) is 24.2 Å².